The Morgan fingerprint density at radius 2 is 1.44 bits per heavy atom. The average molecular weight is 490 g/mol. The summed E-state index contributed by atoms with van der Waals surface area (Å²) in [5.74, 6) is -0.105. The van der Waals surface area contributed by atoms with E-state index in [1.807, 2.05) is 60.7 Å². The molecule has 0 aliphatic rings. The highest BCUT2D eigenvalue weighted by atomic mass is 35.5. The Kier molecular flexibility index (Phi) is 7.30. The molecule has 0 heterocycles. The lowest BCUT2D eigenvalue weighted by atomic mass is 9.86. The minimum atomic E-state index is -0.105. The summed E-state index contributed by atoms with van der Waals surface area (Å²) in [5.41, 5.74) is 4.28. The van der Waals surface area contributed by atoms with E-state index >= 15 is 0 Å². The van der Waals surface area contributed by atoms with Crippen molar-refractivity contribution in [1.29, 1.82) is 0 Å². The molecule has 0 aliphatic carbocycles. The first-order chi connectivity index (χ1) is 16.2. The molecule has 1 amide bonds. The van der Waals surface area contributed by atoms with Gasteiger partial charge in [-0.05, 0) is 64.6 Å². The van der Waals surface area contributed by atoms with Gasteiger partial charge in [0.15, 0.2) is 0 Å². The standard InChI is InChI=1S/C30H29Cl2NO/c1-30(2,3)22-15-13-20(14-16-22)18-24(19-21-7-4-8-23(31)17-21)33-29(34)27-11-5-10-26-25(27)9-6-12-28(26)32/h4-17,24H,18-19H2,1-3H3,(H,33,34). The average Bonchev–Trinajstić information content (AvgIpc) is 2.79. The predicted octanol–water partition coefficient (Wildman–Crippen LogP) is 8.03. The molecule has 1 unspecified atom stereocenters. The van der Waals surface area contributed by atoms with Gasteiger partial charge in [0, 0.05) is 27.0 Å². The topological polar surface area (TPSA) is 29.1 Å². The SMILES string of the molecule is CC(C)(C)c1ccc(CC(Cc2cccc(Cl)c2)NC(=O)c2cccc3c(Cl)cccc23)cc1. The Morgan fingerprint density at radius 1 is 0.794 bits per heavy atom. The number of fused-ring (bicyclic) bond motifs is 1. The molecule has 0 saturated carbocycles. The summed E-state index contributed by atoms with van der Waals surface area (Å²) in [6.45, 7) is 6.63. The summed E-state index contributed by atoms with van der Waals surface area (Å²) in [6, 6.07) is 27.7. The summed E-state index contributed by atoms with van der Waals surface area (Å²) in [4.78, 5) is 13.4. The molecule has 0 radical (unpaired) electrons. The van der Waals surface area contributed by atoms with Gasteiger partial charge in [0.2, 0.25) is 0 Å². The van der Waals surface area contributed by atoms with E-state index < -0.39 is 0 Å². The molecule has 34 heavy (non-hydrogen) atoms. The number of carbonyl (C=O) groups is 1. The zero-order valence-electron chi connectivity index (χ0n) is 19.7. The summed E-state index contributed by atoms with van der Waals surface area (Å²) in [6.07, 6.45) is 1.40. The summed E-state index contributed by atoms with van der Waals surface area (Å²) in [7, 11) is 0. The number of hydrogen-bond donors (Lipinski definition) is 1. The van der Waals surface area contributed by atoms with Gasteiger partial charge in [-0.2, -0.15) is 0 Å². The van der Waals surface area contributed by atoms with Crippen molar-refractivity contribution in [3.63, 3.8) is 0 Å². The predicted molar refractivity (Wildman–Crippen MR) is 144 cm³/mol. The van der Waals surface area contributed by atoms with Crippen molar-refractivity contribution in [3.05, 3.63) is 117 Å². The first-order valence-electron chi connectivity index (χ1n) is 11.5. The monoisotopic (exact) mass is 489 g/mol. The first kappa shape index (κ1) is 24.3. The molecule has 4 aromatic rings. The fraction of sp³-hybridized carbons (Fsp3) is 0.233. The van der Waals surface area contributed by atoms with Gasteiger partial charge in [0.05, 0.1) is 0 Å². The van der Waals surface area contributed by atoms with Crippen LogP contribution < -0.4 is 5.32 Å². The molecule has 0 spiro atoms. The minimum absolute atomic E-state index is 0.0964. The van der Waals surface area contributed by atoms with E-state index in [9.17, 15) is 4.79 Å². The Hall–Kier alpha value is -2.81. The summed E-state index contributed by atoms with van der Waals surface area (Å²) < 4.78 is 0. The number of nitrogens with one attached hydrogen (secondary N) is 1. The smallest absolute Gasteiger partial charge is 0.252 e. The second-order valence-electron chi connectivity index (χ2n) is 9.80. The number of amides is 1. The molecule has 4 aromatic carbocycles. The van der Waals surface area contributed by atoms with E-state index in [2.05, 4.69) is 50.4 Å². The molecule has 1 N–H and O–H groups in total. The van der Waals surface area contributed by atoms with Crippen LogP contribution in [0.2, 0.25) is 10.0 Å². The van der Waals surface area contributed by atoms with Gasteiger partial charge < -0.3 is 5.32 Å². The van der Waals surface area contributed by atoms with Crippen molar-refractivity contribution < 1.29 is 4.79 Å². The van der Waals surface area contributed by atoms with Gasteiger partial charge >= 0.3 is 0 Å². The van der Waals surface area contributed by atoms with Gasteiger partial charge in [0.1, 0.15) is 0 Å². The van der Waals surface area contributed by atoms with Crippen LogP contribution in [-0.2, 0) is 18.3 Å². The highest BCUT2D eigenvalue weighted by Crippen LogP contribution is 2.27. The molecule has 174 valence electrons. The van der Waals surface area contributed by atoms with Crippen LogP contribution in [0.15, 0.2) is 84.9 Å². The number of rotatable bonds is 6. The second-order valence-corrected chi connectivity index (χ2v) is 10.6. The van der Waals surface area contributed by atoms with Crippen molar-refractivity contribution in [1.82, 2.24) is 5.32 Å². The fourth-order valence-electron chi connectivity index (χ4n) is 4.28. The third-order valence-corrected chi connectivity index (χ3v) is 6.69. The second kappa shape index (κ2) is 10.2. The van der Waals surface area contributed by atoms with Gasteiger partial charge in [-0.3, -0.25) is 4.79 Å². The lowest BCUT2D eigenvalue weighted by molar-refractivity contribution is 0.0938. The van der Waals surface area contributed by atoms with Crippen LogP contribution in [0.25, 0.3) is 10.8 Å². The fourth-order valence-corrected chi connectivity index (χ4v) is 4.73. The number of halogens is 2. The molecular weight excluding hydrogens is 461 g/mol. The van der Waals surface area contributed by atoms with E-state index in [-0.39, 0.29) is 17.4 Å². The van der Waals surface area contributed by atoms with Crippen molar-refractivity contribution >= 4 is 39.9 Å². The van der Waals surface area contributed by atoms with Crippen LogP contribution in [0.3, 0.4) is 0 Å². The molecule has 2 nitrogen and oxygen atoms in total. The van der Waals surface area contributed by atoms with E-state index in [1.165, 1.54) is 11.1 Å². The minimum Gasteiger partial charge on any atom is -0.349 e. The van der Waals surface area contributed by atoms with Gasteiger partial charge in [0.25, 0.3) is 5.91 Å². The maximum Gasteiger partial charge on any atom is 0.252 e. The third-order valence-electron chi connectivity index (χ3n) is 6.12. The van der Waals surface area contributed by atoms with E-state index in [1.54, 1.807) is 0 Å². The van der Waals surface area contributed by atoms with Crippen LogP contribution in [0.5, 0.6) is 0 Å². The highest BCUT2D eigenvalue weighted by molar-refractivity contribution is 6.36. The molecule has 0 saturated heterocycles. The zero-order valence-corrected chi connectivity index (χ0v) is 21.3. The molecule has 0 aromatic heterocycles. The normalized spacial score (nSPS) is 12.5. The van der Waals surface area contributed by atoms with Gasteiger partial charge in [-0.15, -0.1) is 0 Å². The maximum atomic E-state index is 13.4. The zero-order chi connectivity index (χ0) is 24.3. The molecular formula is C30H29Cl2NO. The van der Waals surface area contributed by atoms with Crippen LogP contribution in [0.4, 0.5) is 0 Å². The molecule has 0 aliphatic heterocycles. The molecule has 4 heteroatoms. The van der Waals surface area contributed by atoms with Crippen molar-refractivity contribution in [3.8, 4) is 0 Å². The van der Waals surface area contributed by atoms with Crippen LogP contribution in [-0.4, -0.2) is 11.9 Å². The molecule has 0 fully saturated rings. The van der Waals surface area contributed by atoms with E-state index in [0.29, 0.717) is 28.5 Å². The number of carbonyl (C=O) groups excluding carboxylic acids is 1. The summed E-state index contributed by atoms with van der Waals surface area (Å²) in [5, 5.41) is 6.34. The largest absolute Gasteiger partial charge is 0.349 e. The lowest BCUT2D eigenvalue weighted by Crippen LogP contribution is -2.38. The van der Waals surface area contributed by atoms with Crippen LogP contribution in [0, 0.1) is 0 Å². The van der Waals surface area contributed by atoms with Crippen molar-refractivity contribution in [2.45, 2.75) is 45.1 Å². The Morgan fingerprint density at radius 3 is 2.15 bits per heavy atom. The van der Waals surface area contributed by atoms with Gasteiger partial charge in [-0.1, -0.05) is 105 Å². The van der Waals surface area contributed by atoms with Gasteiger partial charge in [-0.25, -0.2) is 0 Å². The maximum absolute atomic E-state index is 13.4. The molecule has 4 rings (SSSR count). The molecule has 1 atom stereocenters. The third kappa shape index (κ3) is 5.81. The Balaban J connectivity index is 1.62. The lowest BCUT2D eigenvalue weighted by Gasteiger charge is -2.22. The van der Waals surface area contributed by atoms with Crippen LogP contribution >= 0.6 is 23.2 Å². The first-order valence-corrected chi connectivity index (χ1v) is 12.3. The van der Waals surface area contributed by atoms with E-state index in [0.717, 1.165) is 16.3 Å². The van der Waals surface area contributed by atoms with Crippen molar-refractivity contribution in [2.24, 2.45) is 0 Å². The Labute approximate surface area is 211 Å². The Bertz CT molecular complexity index is 1310. The van der Waals surface area contributed by atoms with Crippen molar-refractivity contribution in [2.75, 3.05) is 0 Å². The highest BCUT2D eigenvalue weighted by Gasteiger charge is 2.19. The number of hydrogen-bond acceptors (Lipinski definition) is 1. The number of benzene rings is 4. The molecule has 0 bridgehead atoms. The van der Waals surface area contributed by atoms with E-state index in [4.69, 9.17) is 23.2 Å². The summed E-state index contributed by atoms with van der Waals surface area (Å²) >= 11 is 12.6. The van der Waals surface area contributed by atoms with Crippen LogP contribution in [0.1, 0.15) is 47.8 Å². The quantitative estimate of drug-likeness (QED) is 0.291.